The minimum absolute atomic E-state index is 0.0819. The summed E-state index contributed by atoms with van der Waals surface area (Å²) in [5.74, 6) is 0. The fraction of sp³-hybridized carbons (Fsp3) is 0.176. The molecular formula is C17H16IN3O2. The normalized spacial score (nSPS) is 12.5. The summed E-state index contributed by atoms with van der Waals surface area (Å²) in [6.07, 6.45) is 0.783. The van der Waals surface area contributed by atoms with E-state index in [1.165, 1.54) is 6.07 Å². The van der Waals surface area contributed by atoms with Crippen molar-refractivity contribution in [2.45, 2.75) is 19.4 Å². The zero-order valence-corrected chi connectivity index (χ0v) is 14.7. The van der Waals surface area contributed by atoms with Crippen LogP contribution in [0.5, 0.6) is 0 Å². The SMILES string of the molecule is CCC(N)c1[nH]c2c(I)cccc2c1-c1cccc([N+](=O)[O-])c1. The zero-order chi connectivity index (χ0) is 16.6. The Labute approximate surface area is 147 Å². The topological polar surface area (TPSA) is 85.0 Å². The van der Waals surface area contributed by atoms with Crippen molar-refractivity contribution in [3.05, 3.63) is 61.8 Å². The average molecular weight is 421 g/mol. The zero-order valence-electron chi connectivity index (χ0n) is 12.5. The molecule has 0 aliphatic carbocycles. The first-order chi connectivity index (χ1) is 11.0. The van der Waals surface area contributed by atoms with E-state index in [9.17, 15) is 10.1 Å². The fourth-order valence-corrected chi connectivity index (χ4v) is 3.40. The molecule has 3 rings (SSSR count). The Kier molecular flexibility index (Phi) is 4.36. The van der Waals surface area contributed by atoms with Gasteiger partial charge in [0, 0.05) is 38.4 Å². The van der Waals surface area contributed by atoms with Gasteiger partial charge in [0.1, 0.15) is 0 Å². The monoisotopic (exact) mass is 421 g/mol. The molecule has 0 aliphatic rings. The molecule has 5 nitrogen and oxygen atoms in total. The van der Waals surface area contributed by atoms with Gasteiger partial charge in [-0.25, -0.2) is 0 Å². The van der Waals surface area contributed by atoms with Gasteiger partial charge in [0.25, 0.3) is 5.69 Å². The van der Waals surface area contributed by atoms with Gasteiger partial charge in [-0.1, -0.05) is 31.2 Å². The summed E-state index contributed by atoms with van der Waals surface area (Å²) in [7, 11) is 0. The second-order valence-electron chi connectivity index (χ2n) is 5.40. The maximum Gasteiger partial charge on any atom is 0.270 e. The Morgan fingerprint density at radius 2 is 2.04 bits per heavy atom. The van der Waals surface area contributed by atoms with Crippen molar-refractivity contribution >= 4 is 39.2 Å². The van der Waals surface area contributed by atoms with Crippen molar-refractivity contribution in [2.75, 3.05) is 0 Å². The van der Waals surface area contributed by atoms with Gasteiger partial charge in [-0.2, -0.15) is 0 Å². The van der Waals surface area contributed by atoms with Crippen LogP contribution in [0.3, 0.4) is 0 Å². The van der Waals surface area contributed by atoms with E-state index in [1.54, 1.807) is 12.1 Å². The second kappa shape index (κ2) is 6.29. The average Bonchev–Trinajstić information content (AvgIpc) is 2.95. The highest BCUT2D eigenvalue weighted by Gasteiger charge is 2.20. The molecule has 0 saturated heterocycles. The molecule has 6 heteroatoms. The molecule has 0 radical (unpaired) electrons. The lowest BCUT2D eigenvalue weighted by Crippen LogP contribution is -2.10. The molecular weight excluding hydrogens is 405 g/mol. The second-order valence-corrected chi connectivity index (χ2v) is 6.56. The lowest BCUT2D eigenvalue weighted by atomic mass is 9.98. The van der Waals surface area contributed by atoms with Gasteiger partial charge in [0.15, 0.2) is 0 Å². The highest BCUT2D eigenvalue weighted by Crippen LogP contribution is 2.38. The van der Waals surface area contributed by atoms with Gasteiger partial charge in [-0.3, -0.25) is 10.1 Å². The number of nitrogens with one attached hydrogen (secondary N) is 1. The Morgan fingerprint density at radius 3 is 2.74 bits per heavy atom. The van der Waals surface area contributed by atoms with E-state index in [4.69, 9.17) is 5.73 Å². The van der Waals surface area contributed by atoms with Crippen LogP contribution >= 0.6 is 22.6 Å². The molecule has 2 aromatic carbocycles. The van der Waals surface area contributed by atoms with Crippen LogP contribution in [0.2, 0.25) is 0 Å². The minimum Gasteiger partial charge on any atom is -0.356 e. The summed E-state index contributed by atoms with van der Waals surface area (Å²) >= 11 is 2.28. The molecule has 1 atom stereocenters. The molecule has 23 heavy (non-hydrogen) atoms. The molecule has 1 heterocycles. The molecule has 0 spiro atoms. The number of halogens is 1. The van der Waals surface area contributed by atoms with Crippen molar-refractivity contribution in [3.8, 4) is 11.1 Å². The quantitative estimate of drug-likeness (QED) is 0.362. The van der Waals surface area contributed by atoms with Crippen LogP contribution < -0.4 is 5.73 Å². The predicted molar refractivity (Wildman–Crippen MR) is 100 cm³/mol. The third kappa shape index (κ3) is 2.84. The highest BCUT2D eigenvalue weighted by atomic mass is 127. The molecule has 0 amide bonds. The molecule has 1 aromatic heterocycles. The summed E-state index contributed by atoms with van der Waals surface area (Å²) in [6.45, 7) is 2.03. The van der Waals surface area contributed by atoms with E-state index < -0.39 is 0 Å². The first-order valence-electron chi connectivity index (χ1n) is 7.33. The first-order valence-corrected chi connectivity index (χ1v) is 8.41. The van der Waals surface area contributed by atoms with E-state index in [-0.39, 0.29) is 16.7 Å². The van der Waals surface area contributed by atoms with Crippen LogP contribution in [0.25, 0.3) is 22.0 Å². The Hall–Kier alpha value is -1.93. The molecule has 3 N–H and O–H groups in total. The van der Waals surface area contributed by atoms with E-state index in [0.29, 0.717) is 0 Å². The summed E-state index contributed by atoms with van der Waals surface area (Å²) in [5.41, 5.74) is 10.1. The maximum absolute atomic E-state index is 11.1. The molecule has 0 saturated carbocycles. The number of hydrogen-bond acceptors (Lipinski definition) is 3. The summed E-state index contributed by atoms with van der Waals surface area (Å²) in [4.78, 5) is 14.1. The lowest BCUT2D eigenvalue weighted by Gasteiger charge is -2.11. The number of nitro benzene ring substituents is 1. The van der Waals surface area contributed by atoms with Crippen LogP contribution in [0.4, 0.5) is 5.69 Å². The van der Waals surface area contributed by atoms with Crippen LogP contribution in [0.1, 0.15) is 25.1 Å². The number of aromatic amines is 1. The molecule has 0 bridgehead atoms. The number of para-hydroxylation sites is 1. The number of fused-ring (bicyclic) bond motifs is 1. The third-order valence-electron chi connectivity index (χ3n) is 3.97. The van der Waals surface area contributed by atoms with E-state index >= 15 is 0 Å². The Morgan fingerprint density at radius 1 is 1.30 bits per heavy atom. The van der Waals surface area contributed by atoms with Crippen molar-refractivity contribution in [1.82, 2.24) is 4.98 Å². The molecule has 118 valence electrons. The number of nitro groups is 1. The van der Waals surface area contributed by atoms with Gasteiger partial charge >= 0.3 is 0 Å². The van der Waals surface area contributed by atoms with Gasteiger partial charge < -0.3 is 10.7 Å². The van der Waals surface area contributed by atoms with Crippen LogP contribution in [-0.2, 0) is 0 Å². The molecule has 1 unspecified atom stereocenters. The third-order valence-corrected chi connectivity index (χ3v) is 4.87. The smallest absolute Gasteiger partial charge is 0.270 e. The predicted octanol–water partition coefficient (Wildman–Crippen LogP) is 4.76. The van der Waals surface area contributed by atoms with E-state index in [1.807, 2.05) is 31.2 Å². The summed E-state index contributed by atoms with van der Waals surface area (Å²) < 4.78 is 1.10. The maximum atomic E-state index is 11.1. The molecule has 3 aromatic rings. The standard InChI is InChI=1S/C17H16IN3O2/c1-2-14(19)17-15(10-5-3-6-11(9-10)21(22)23)12-7-4-8-13(18)16(12)20-17/h3-9,14,20H,2,19H2,1H3. The Balaban J connectivity index is 2.32. The van der Waals surface area contributed by atoms with Gasteiger partial charge in [-0.05, 0) is 40.6 Å². The number of nitrogens with two attached hydrogens (primary N) is 1. The number of rotatable bonds is 4. The molecule has 0 aliphatic heterocycles. The summed E-state index contributed by atoms with van der Waals surface area (Å²) in [5, 5.41) is 12.1. The van der Waals surface area contributed by atoms with Gasteiger partial charge in [0.2, 0.25) is 0 Å². The number of aromatic nitrogens is 1. The number of hydrogen-bond donors (Lipinski definition) is 2. The Bertz CT molecular complexity index is 889. The van der Waals surface area contributed by atoms with Crippen molar-refractivity contribution in [3.63, 3.8) is 0 Å². The largest absolute Gasteiger partial charge is 0.356 e. The fourth-order valence-electron chi connectivity index (χ4n) is 2.77. The van der Waals surface area contributed by atoms with Gasteiger partial charge in [0.05, 0.1) is 10.4 Å². The number of non-ortho nitro benzene ring substituents is 1. The number of benzene rings is 2. The van der Waals surface area contributed by atoms with E-state index in [2.05, 4.69) is 27.6 Å². The van der Waals surface area contributed by atoms with Crippen LogP contribution in [-0.4, -0.2) is 9.91 Å². The van der Waals surface area contributed by atoms with E-state index in [0.717, 1.165) is 37.7 Å². The van der Waals surface area contributed by atoms with Crippen molar-refractivity contribution < 1.29 is 4.92 Å². The van der Waals surface area contributed by atoms with Crippen LogP contribution in [0.15, 0.2) is 42.5 Å². The minimum atomic E-state index is -0.373. The first kappa shape index (κ1) is 15.9. The summed E-state index contributed by atoms with van der Waals surface area (Å²) in [6, 6.07) is 12.6. The van der Waals surface area contributed by atoms with Gasteiger partial charge in [-0.15, -0.1) is 0 Å². The highest BCUT2D eigenvalue weighted by molar-refractivity contribution is 14.1. The number of nitrogens with zero attached hydrogens (tertiary/aromatic N) is 1. The van der Waals surface area contributed by atoms with Crippen molar-refractivity contribution in [1.29, 1.82) is 0 Å². The lowest BCUT2D eigenvalue weighted by molar-refractivity contribution is -0.384. The number of H-pyrrole nitrogens is 1. The van der Waals surface area contributed by atoms with Crippen LogP contribution in [0, 0.1) is 13.7 Å². The van der Waals surface area contributed by atoms with Crippen molar-refractivity contribution in [2.24, 2.45) is 5.73 Å². The molecule has 0 fully saturated rings.